The Hall–Kier alpha value is -2.92. The average molecular weight is 374 g/mol. The van der Waals surface area contributed by atoms with Gasteiger partial charge in [-0.25, -0.2) is 4.98 Å². The standard InChI is InChI=1S/C23H27N5/c1-3-27-13-15-28(16-14-27)23-25-21(19-10-5-4-6-11-19)17-22(26-23)24-20-12-8-7-9-18(20)2/h4-12,17H,3,13-16H2,1-2H3,(H,24,25,26). The Balaban J connectivity index is 1.68. The number of anilines is 3. The summed E-state index contributed by atoms with van der Waals surface area (Å²) < 4.78 is 0. The van der Waals surface area contributed by atoms with Crippen LogP contribution in [0.3, 0.4) is 0 Å². The van der Waals surface area contributed by atoms with Gasteiger partial charge in [-0.3, -0.25) is 0 Å². The lowest BCUT2D eigenvalue weighted by Gasteiger charge is -2.34. The summed E-state index contributed by atoms with van der Waals surface area (Å²) in [7, 11) is 0. The second-order valence-corrected chi connectivity index (χ2v) is 7.17. The third-order valence-electron chi connectivity index (χ3n) is 5.29. The lowest BCUT2D eigenvalue weighted by Crippen LogP contribution is -2.46. The molecule has 0 saturated carbocycles. The summed E-state index contributed by atoms with van der Waals surface area (Å²) in [5, 5.41) is 3.49. The number of rotatable bonds is 5. The van der Waals surface area contributed by atoms with Crippen molar-refractivity contribution in [2.75, 3.05) is 42.9 Å². The molecule has 0 bridgehead atoms. The normalized spacial score (nSPS) is 14.9. The van der Waals surface area contributed by atoms with Crippen LogP contribution in [-0.4, -0.2) is 47.6 Å². The fourth-order valence-electron chi connectivity index (χ4n) is 3.51. The molecule has 1 aliphatic rings. The monoisotopic (exact) mass is 373 g/mol. The quantitative estimate of drug-likeness (QED) is 0.721. The molecule has 0 atom stereocenters. The van der Waals surface area contributed by atoms with Gasteiger partial charge in [0.2, 0.25) is 5.95 Å². The molecule has 1 aliphatic heterocycles. The molecule has 144 valence electrons. The lowest BCUT2D eigenvalue weighted by atomic mass is 10.1. The maximum absolute atomic E-state index is 4.90. The molecule has 4 rings (SSSR count). The first-order valence-corrected chi connectivity index (χ1v) is 9.97. The van der Waals surface area contributed by atoms with Gasteiger partial charge < -0.3 is 15.1 Å². The van der Waals surface area contributed by atoms with E-state index in [-0.39, 0.29) is 0 Å². The Labute approximate surface area is 167 Å². The zero-order valence-electron chi connectivity index (χ0n) is 16.6. The zero-order chi connectivity index (χ0) is 19.3. The maximum atomic E-state index is 4.90. The first-order chi connectivity index (χ1) is 13.7. The minimum absolute atomic E-state index is 0.799. The van der Waals surface area contributed by atoms with E-state index >= 15 is 0 Å². The summed E-state index contributed by atoms with van der Waals surface area (Å²) in [6.45, 7) is 9.43. The van der Waals surface area contributed by atoms with Crippen molar-refractivity contribution in [3.63, 3.8) is 0 Å². The highest BCUT2D eigenvalue weighted by Crippen LogP contribution is 2.26. The number of aryl methyl sites for hydroxylation is 1. The van der Waals surface area contributed by atoms with Crippen LogP contribution in [-0.2, 0) is 0 Å². The Morgan fingerprint density at radius 2 is 1.61 bits per heavy atom. The van der Waals surface area contributed by atoms with Gasteiger partial charge in [0.05, 0.1) is 5.69 Å². The van der Waals surface area contributed by atoms with Gasteiger partial charge in [-0.05, 0) is 25.1 Å². The number of benzene rings is 2. The molecule has 0 unspecified atom stereocenters. The number of hydrogen-bond donors (Lipinski definition) is 1. The van der Waals surface area contributed by atoms with E-state index in [0.29, 0.717) is 0 Å². The molecule has 2 aromatic carbocycles. The number of para-hydroxylation sites is 1. The minimum atomic E-state index is 0.799. The van der Waals surface area contributed by atoms with Crippen LogP contribution in [0.5, 0.6) is 0 Å². The van der Waals surface area contributed by atoms with E-state index in [1.807, 2.05) is 30.3 Å². The van der Waals surface area contributed by atoms with E-state index in [1.54, 1.807) is 0 Å². The molecule has 1 aromatic heterocycles. The second-order valence-electron chi connectivity index (χ2n) is 7.17. The van der Waals surface area contributed by atoms with Crippen LogP contribution in [0.15, 0.2) is 60.7 Å². The first kappa shape index (κ1) is 18.4. The third kappa shape index (κ3) is 4.15. The van der Waals surface area contributed by atoms with Gasteiger partial charge in [0.25, 0.3) is 0 Å². The van der Waals surface area contributed by atoms with Crippen molar-refractivity contribution in [3.8, 4) is 11.3 Å². The van der Waals surface area contributed by atoms with Crippen LogP contribution in [0.1, 0.15) is 12.5 Å². The molecule has 2 heterocycles. The molecular formula is C23H27N5. The van der Waals surface area contributed by atoms with Crippen LogP contribution < -0.4 is 10.2 Å². The van der Waals surface area contributed by atoms with Crippen molar-refractivity contribution in [2.24, 2.45) is 0 Å². The average Bonchev–Trinajstić information content (AvgIpc) is 2.76. The molecule has 28 heavy (non-hydrogen) atoms. The van der Waals surface area contributed by atoms with Crippen molar-refractivity contribution < 1.29 is 0 Å². The van der Waals surface area contributed by atoms with Gasteiger partial charge in [0.1, 0.15) is 5.82 Å². The third-order valence-corrected chi connectivity index (χ3v) is 5.29. The molecular weight excluding hydrogens is 346 g/mol. The topological polar surface area (TPSA) is 44.3 Å². The van der Waals surface area contributed by atoms with E-state index in [4.69, 9.17) is 9.97 Å². The molecule has 1 saturated heterocycles. The van der Waals surface area contributed by atoms with Crippen molar-refractivity contribution >= 4 is 17.5 Å². The predicted molar refractivity (Wildman–Crippen MR) is 116 cm³/mol. The highest BCUT2D eigenvalue weighted by atomic mass is 15.3. The number of likely N-dealkylation sites (N-methyl/N-ethyl adjacent to an activating group) is 1. The summed E-state index contributed by atoms with van der Waals surface area (Å²) in [5.74, 6) is 1.63. The largest absolute Gasteiger partial charge is 0.340 e. The molecule has 3 aromatic rings. The van der Waals surface area contributed by atoms with Gasteiger partial charge in [0.15, 0.2) is 0 Å². The molecule has 5 nitrogen and oxygen atoms in total. The van der Waals surface area contributed by atoms with Crippen molar-refractivity contribution in [1.82, 2.24) is 14.9 Å². The highest BCUT2D eigenvalue weighted by Gasteiger charge is 2.19. The van der Waals surface area contributed by atoms with E-state index < -0.39 is 0 Å². The Kier molecular flexibility index (Phi) is 5.53. The number of nitrogens with zero attached hydrogens (tertiary/aromatic N) is 4. The van der Waals surface area contributed by atoms with Crippen LogP contribution in [0, 0.1) is 6.92 Å². The highest BCUT2D eigenvalue weighted by molar-refractivity contribution is 5.68. The minimum Gasteiger partial charge on any atom is -0.340 e. The first-order valence-electron chi connectivity index (χ1n) is 9.97. The van der Waals surface area contributed by atoms with E-state index in [0.717, 1.165) is 61.4 Å². The Bertz CT molecular complexity index is 917. The Morgan fingerprint density at radius 3 is 2.32 bits per heavy atom. The van der Waals surface area contributed by atoms with Crippen molar-refractivity contribution in [2.45, 2.75) is 13.8 Å². The summed E-state index contributed by atoms with van der Waals surface area (Å²) in [6.07, 6.45) is 0. The summed E-state index contributed by atoms with van der Waals surface area (Å²) in [4.78, 5) is 14.5. The van der Waals surface area contributed by atoms with E-state index in [9.17, 15) is 0 Å². The van der Waals surface area contributed by atoms with Crippen LogP contribution in [0.2, 0.25) is 0 Å². The zero-order valence-corrected chi connectivity index (χ0v) is 16.6. The summed E-state index contributed by atoms with van der Waals surface area (Å²) in [6, 6.07) is 20.6. The fourth-order valence-corrected chi connectivity index (χ4v) is 3.51. The number of aromatic nitrogens is 2. The van der Waals surface area contributed by atoms with Gasteiger partial charge in [-0.2, -0.15) is 4.98 Å². The second kappa shape index (κ2) is 8.40. The lowest BCUT2D eigenvalue weighted by molar-refractivity contribution is 0.270. The Morgan fingerprint density at radius 1 is 0.893 bits per heavy atom. The molecule has 1 fully saturated rings. The molecule has 0 aliphatic carbocycles. The van der Waals surface area contributed by atoms with Gasteiger partial charge >= 0.3 is 0 Å². The van der Waals surface area contributed by atoms with Crippen molar-refractivity contribution in [1.29, 1.82) is 0 Å². The van der Waals surface area contributed by atoms with Crippen LogP contribution >= 0.6 is 0 Å². The fraction of sp³-hybridized carbons (Fsp3) is 0.304. The molecule has 1 N–H and O–H groups in total. The molecule has 0 radical (unpaired) electrons. The molecule has 5 heteroatoms. The van der Waals surface area contributed by atoms with Gasteiger partial charge in [-0.15, -0.1) is 0 Å². The maximum Gasteiger partial charge on any atom is 0.227 e. The van der Waals surface area contributed by atoms with Gasteiger partial charge in [0, 0.05) is 43.5 Å². The van der Waals surface area contributed by atoms with E-state index in [2.05, 4.69) is 59.3 Å². The smallest absolute Gasteiger partial charge is 0.227 e. The van der Waals surface area contributed by atoms with E-state index in [1.165, 1.54) is 5.56 Å². The van der Waals surface area contributed by atoms with Crippen molar-refractivity contribution in [3.05, 3.63) is 66.2 Å². The van der Waals surface area contributed by atoms with Crippen LogP contribution in [0.4, 0.5) is 17.5 Å². The van der Waals surface area contributed by atoms with Gasteiger partial charge in [-0.1, -0.05) is 55.5 Å². The molecule has 0 spiro atoms. The van der Waals surface area contributed by atoms with Crippen LogP contribution in [0.25, 0.3) is 11.3 Å². The summed E-state index contributed by atoms with van der Waals surface area (Å²) >= 11 is 0. The summed E-state index contributed by atoms with van der Waals surface area (Å²) in [5.41, 5.74) is 4.31. The molecule has 0 amide bonds. The predicted octanol–water partition coefficient (Wildman–Crippen LogP) is 4.34. The number of hydrogen-bond acceptors (Lipinski definition) is 5. The SMILES string of the molecule is CCN1CCN(c2nc(Nc3ccccc3C)cc(-c3ccccc3)n2)CC1. The number of nitrogens with one attached hydrogen (secondary N) is 1. The number of piperazine rings is 1.